The summed E-state index contributed by atoms with van der Waals surface area (Å²) in [6, 6.07) is 0. The molecule has 0 fully saturated rings. The molecular weight excluding hydrogens is 111 g/mol. The third-order valence-corrected chi connectivity index (χ3v) is 0.536. The molecule has 0 bridgehead atoms. The van der Waals surface area contributed by atoms with E-state index < -0.39 is 5.97 Å². The maximum absolute atomic E-state index is 9.64. The molecule has 0 aliphatic rings. The first-order valence-electron chi connectivity index (χ1n) is 2.27. The van der Waals surface area contributed by atoms with E-state index in [4.69, 9.17) is 0 Å². The van der Waals surface area contributed by atoms with Crippen LogP contribution in [0.25, 0.3) is 0 Å². The molecule has 0 amide bonds. The maximum Gasteiger partial charge on any atom is 1.00 e. The van der Waals surface area contributed by atoms with Crippen LogP contribution >= 0.6 is 0 Å². The van der Waals surface area contributed by atoms with Gasteiger partial charge in [-0.2, -0.15) is 0 Å². The summed E-state index contributed by atoms with van der Waals surface area (Å²) in [5, 5.41) is 9.64. The number of carbonyl (C=O) groups excluding carboxylic acids is 1. The molecule has 0 N–H and O–H groups in total. The van der Waals surface area contributed by atoms with E-state index in [1.54, 1.807) is 19.1 Å². The molecule has 0 saturated carbocycles. The molecule has 0 rings (SSSR count). The number of aliphatic carboxylic acids is 1. The molecule has 3 heteroatoms. The van der Waals surface area contributed by atoms with Crippen LogP contribution in [0.3, 0.4) is 0 Å². The topological polar surface area (TPSA) is 40.1 Å². The van der Waals surface area contributed by atoms with Gasteiger partial charge in [0.1, 0.15) is 0 Å². The van der Waals surface area contributed by atoms with E-state index in [2.05, 4.69) is 0 Å². The summed E-state index contributed by atoms with van der Waals surface area (Å²) in [6.07, 6.45) is 5.74. The van der Waals surface area contributed by atoms with Crippen LogP contribution in [0.1, 0.15) is 6.92 Å². The second-order valence-electron chi connectivity index (χ2n) is 1.20. The number of carboxylic acid groups (broad SMARTS) is 1. The van der Waals surface area contributed by atoms with Crippen molar-refractivity contribution in [3.05, 3.63) is 24.3 Å². The van der Waals surface area contributed by atoms with Crippen molar-refractivity contribution in [2.45, 2.75) is 6.92 Å². The van der Waals surface area contributed by atoms with Gasteiger partial charge >= 0.3 is 18.9 Å². The molecule has 0 heterocycles. The van der Waals surface area contributed by atoms with Gasteiger partial charge in [0.15, 0.2) is 0 Å². The van der Waals surface area contributed by atoms with E-state index >= 15 is 0 Å². The summed E-state index contributed by atoms with van der Waals surface area (Å²) in [4.78, 5) is 9.64. The average molecular weight is 118 g/mol. The van der Waals surface area contributed by atoms with Gasteiger partial charge in [-0.15, -0.1) is 0 Å². The largest absolute Gasteiger partial charge is 1.00 e. The molecule has 0 saturated heterocycles. The van der Waals surface area contributed by atoms with Crippen molar-refractivity contribution >= 4 is 5.97 Å². The second-order valence-corrected chi connectivity index (χ2v) is 1.20. The van der Waals surface area contributed by atoms with Crippen LogP contribution in [0.5, 0.6) is 0 Å². The molecule has 0 radical (unpaired) electrons. The third kappa shape index (κ3) is 11.2. The molecule has 9 heavy (non-hydrogen) atoms. The minimum Gasteiger partial charge on any atom is -0.545 e. The van der Waals surface area contributed by atoms with Crippen LogP contribution in [0.15, 0.2) is 24.3 Å². The van der Waals surface area contributed by atoms with Gasteiger partial charge in [-0.05, 0) is 13.0 Å². The van der Waals surface area contributed by atoms with Crippen molar-refractivity contribution in [3.8, 4) is 0 Å². The fourth-order valence-electron chi connectivity index (χ4n) is 0.245. The standard InChI is InChI=1S/C6H8O2.Li/c1-2-3-4-5-6(7)8;/h2-5H,1H3,(H,7,8);/q;+1/p-1/b3-2+,5-4+;. The van der Waals surface area contributed by atoms with E-state index in [1.165, 1.54) is 6.08 Å². The van der Waals surface area contributed by atoms with Crippen LogP contribution in [0.2, 0.25) is 0 Å². The van der Waals surface area contributed by atoms with Crippen molar-refractivity contribution in [1.82, 2.24) is 0 Å². The quantitative estimate of drug-likeness (QED) is 0.218. The molecule has 0 spiro atoms. The van der Waals surface area contributed by atoms with Crippen LogP contribution in [0.4, 0.5) is 0 Å². The minimum absolute atomic E-state index is 0. The van der Waals surface area contributed by atoms with Crippen LogP contribution in [0, 0.1) is 0 Å². The molecule has 0 aromatic heterocycles. The summed E-state index contributed by atoms with van der Waals surface area (Å²) in [6.45, 7) is 1.81. The zero-order valence-electron chi connectivity index (χ0n) is 5.63. The molecule has 0 aromatic carbocycles. The SMILES string of the molecule is C/C=C/C=C/C(=O)[O-].[Li+]. The predicted molar refractivity (Wildman–Crippen MR) is 29.0 cm³/mol. The van der Waals surface area contributed by atoms with E-state index in [1.807, 2.05) is 0 Å². The zero-order valence-corrected chi connectivity index (χ0v) is 5.63. The average Bonchev–Trinajstić information content (AvgIpc) is 1.66. The van der Waals surface area contributed by atoms with Crippen molar-refractivity contribution in [2.75, 3.05) is 0 Å². The Morgan fingerprint density at radius 2 is 2.00 bits per heavy atom. The molecule has 0 aliphatic heterocycles. The first-order chi connectivity index (χ1) is 3.77. The first-order valence-corrected chi connectivity index (χ1v) is 2.27. The molecule has 0 atom stereocenters. The monoisotopic (exact) mass is 118 g/mol. The molecule has 0 aromatic rings. The van der Waals surface area contributed by atoms with Crippen molar-refractivity contribution < 1.29 is 28.8 Å². The van der Waals surface area contributed by atoms with Gasteiger partial charge in [-0.3, -0.25) is 0 Å². The third-order valence-electron chi connectivity index (χ3n) is 0.536. The first kappa shape index (κ1) is 11.4. The van der Waals surface area contributed by atoms with Gasteiger partial charge in [-0.1, -0.05) is 18.2 Å². The van der Waals surface area contributed by atoms with Gasteiger partial charge in [0.2, 0.25) is 0 Å². The number of carboxylic acids is 1. The van der Waals surface area contributed by atoms with Crippen molar-refractivity contribution in [1.29, 1.82) is 0 Å². The summed E-state index contributed by atoms with van der Waals surface area (Å²) in [7, 11) is 0. The molecule has 44 valence electrons. The Kier molecular flexibility index (Phi) is 9.52. The molecule has 2 nitrogen and oxygen atoms in total. The smallest absolute Gasteiger partial charge is 0.545 e. The van der Waals surface area contributed by atoms with Gasteiger partial charge in [0.25, 0.3) is 0 Å². The van der Waals surface area contributed by atoms with Gasteiger partial charge < -0.3 is 9.90 Å². The summed E-state index contributed by atoms with van der Waals surface area (Å²) < 4.78 is 0. The normalized spacial score (nSPS) is 9.89. The minimum atomic E-state index is -1.16. The van der Waals surface area contributed by atoms with Crippen LogP contribution in [-0.2, 0) is 4.79 Å². The van der Waals surface area contributed by atoms with E-state index in [0.29, 0.717) is 0 Å². The molecular formula is C6H7LiO2. The second kappa shape index (κ2) is 7.55. The van der Waals surface area contributed by atoms with E-state index in [-0.39, 0.29) is 18.9 Å². The Balaban J connectivity index is 0. The summed E-state index contributed by atoms with van der Waals surface area (Å²) in [5.74, 6) is -1.16. The van der Waals surface area contributed by atoms with E-state index in [0.717, 1.165) is 6.08 Å². The van der Waals surface area contributed by atoms with Gasteiger partial charge in [0.05, 0.1) is 5.97 Å². The number of allylic oxidation sites excluding steroid dienone is 3. The van der Waals surface area contributed by atoms with Crippen LogP contribution in [-0.4, -0.2) is 5.97 Å². The predicted octanol–water partition coefficient (Wildman–Crippen LogP) is -3.13. The summed E-state index contributed by atoms with van der Waals surface area (Å²) >= 11 is 0. The number of carbonyl (C=O) groups is 1. The number of rotatable bonds is 2. The molecule has 0 unspecified atom stereocenters. The van der Waals surface area contributed by atoms with Gasteiger partial charge in [-0.25, -0.2) is 0 Å². The Hall–Kier alpha value is -0.453. The molecule has 0 aliphatic carbocycles. The number of hydrogen-bond donors (Lipinski definition) is 0. The van der Waals surface area contributed by atoms with Crippen LogP contribution < -0.4 is 24.0 Å². The Morgan fingerprint density at radius 1 is 1.44 bits per heavy atom. The van der Waals surface area contributed by atoms with Crippen molar-refractivity contribution in [3.63, 3.8) is 0 Å². The number of hydrogen-bond acceptors (Lipinski definition) is 2. The van der Waals surface area contributed by atoms with E-state index in [9.17, 15) is 9.90 Å². The fraction of sp³-hybridized carbons (Fsp3) is 0.167. The summed E-state index contributed by atoms with van der Waals surface area (Å²) in [5.41, 5.74) is 0. The Bertz CT molecular complexity index is 127. The Labute approximate surface area is 66.4 Å². The maximum atomic E-state index is 9.64. The van der Waals surface area contributed by atoms with Crippen molar-refractivity contribution in [2.24, 2.45) is 0 Å². The Morgan fingerprint density at radius 3 is 2.33 bits per heavy atom. The zero-order chi connectivity index (χ0) is 6.41. The van der Waals surface area contributed by atoms with Gasteiger partial charge in [0, 0.05) is 0 Å². The fourth-order valence-corrected chi connectivity index (χ4v) is 0.245.